The molecule has 2 aromatic carbocycles. The van der Waals surface area contributed by atoms with Crippen molar-refractivity contribution in [1.29, 1.82) is 5.26 Å². The summed E-state index contributed by atoms with van der Waals surface area (Å²) >= 11 is 0. The van der Waals surface area contributed by atoms with Crippen LogP contribution >= 0.6 is 0 Å². The Labute approximate surface area is 177 Å². The van der Waals surface area contributed by atoms with Crippen LogP contribution in [0.3, 0.4) is 0 Å². The maximum Gasteiger partial charge on any atom is 0.227 e. The van der Waals surface area contributed by atoms with Crippen molar-refractivity contribution in [3.8, 4) is 6.07 Å². The topological polar surface area (TPSA) is 69.0 Å². The van der Waals surface area contributed by atoms with E-state index < -0.39 is 0 Å². The van der Waals surface area contributed by atoms with Gasteiger partial charge in [0.25, 0.3) is 0 Å². The third-order valence-electron chi connectivity index (χ3n) is 6.07. The lowest BCUT2D eigenvalue weighted by Crippen LogP contribution is -2.38. The Bertz CT molecular complexity index is 1150. The Kier molecular flexibility index (Phi) is 5.41. The number of amides is 1. The fourth-order valence-electron chi connectivity index (χ4n) is 4.14. The molecule has 1 aliphatic heterocycles. The van der Waals surface area contributed by atoms with Crippen molar-refractivity contribution in [1.82, 2.24) is 4.98 Å². The Morgan fingerprint density at radius 3 is 2.57 bits per heavy atom. The number of aromatic nitrogens is 1. The van der Waals surface area contributed by atoms with Crippen LogP contribution in [0.5, 0.6) is 0 Å². The van der Waals surface area contributed by atoms with Gasteiger partial charge in [-0.05, 0) is 69.0 Å². The summed E-state index contributed by atoms with van der Waals surface area (Å²) in [4.78, 5) is 19.5. The molecule has 0 unspecified atom stereocenters. The van der Waals surface area contributed by atoms with Crippen LogP contribution in [-0.2, 0) is 4.79 Å². The molecule has 1 fully saturated rings. The smallest absolute Gasteiger partial charge is 0.227 e. The zero-order valence-electron chi connectivity index (χ0n) is 17.7. The van der Waals surface area contributed by atoms with Crippen molar-refractivity contribution in [2.24, 2.45) is 5.92 Å². The number of aryl methyl sites for hydroxylation is 3. The van der Waals surface area contributed by atoms with Crippen LogP contribution in [0.4, 0.5) is 11.4 Å². The standard InChI is InChI=1S/C25H26N4O/c1-16-4-7-23-22(12-16)24(20(14-26)15-27-23)29-10-8-19(9-11-29)25(30)28-21-6-5-17(2)18(3)13-21/h4-7,12-13,15,19H,8-11H2,1-3H3,(H,28,30). The number of carbonyl (C=O) groups is 1. The molecule has 1 aliphatic rings. The summed E-state index contributed by atoms with van der Waals surface area (Å²) in [5.41, 5.74) is 6.81. The van der Waals surface area contributed by atoms with E-state index in [2.05, 4.69) is 41.2 Å². The van der Waals surface area contributed by atoms with Crippen molar-refractivity contribution in [3.63, 3.8) is 0 Å². The lowest BCUT2D eigenvalue weighted by molar-refractivity contribution is -0.120. The molecular weight excluding hydrogens is 372 g/mol. The molecule has 0 atom stereocenters. The number of hydrogen-bond acceptors (Lipinski definition) is 4. The molecule has 1 aromatic heterocycles. The van der Waals surface area contributed by atoms with Crippen molar-refractivity contribution in [3.05, 3.63) is 64.8 Å². The number of rotatable bonds is 3. The molecule has 2 heterocycles. The van der Waals surface area contributed by atoms with Gasteiger partial charge in [0.15, 0.2) is 0 Å². The number of anilines is 2. The SMILES string of the molecule is Cc1ccc2ncc(C#N)c(N3CCC(C(=O)Nc4ccc(C)c(C)c4)CC3)c2c1. The highest BCUT2D eigenvalue weighted by molar-refractivity contribution is 5.96. The summed E-state index contributed by atoms with van der Waals surface area (Å²) in [6, 6.07) is 14.4. The van der Waals surface area contributed by atoms with Crippen LogP contribution in [0, 0.1) is 38.0 Å². The van der Waals surface area contributed by atoms with Crippen LogP contribution in [-0.4, -0.2) is 24.0 Å². The molecule has 3 aromatic rings. The van der Waals surface area contributed by atoms with Crippen LogP contribution in [0.1, 0.15) is 35.1 Å². The molecule has 4 rings (SSSR count). The van der Waals surface area contributed by atoms with Crippen molar-refractivity contribution in [2.75, 3.05) is 23.3 Å². The molecule has 1 amide bonds. The van der Waals surface area contributed by atoms with E-state index in [-0.39, 0.29) is 11.8 Å². The van der Waals surface area contributed by atoms with E-state index in [0.29, 0.717) is 5.56 Å². The Morgan fingerprint density at radius 2 is 1.87 bits per heavy atom. The van der Waals surface area contributed by atoms with Gasteiger partial charge in [0.05, 0.1) is 16.8 Å². The van der Waals surface area contributed by atoms with Gasteiger partial charge in [0, 0.05) is 36.3 Å². The minimum atomic E-state index is -0.0248. The third kappa shape index (κ3) is 3.86. The van der Waals surface area contributed by atoms with Crippen LogP contribution in [0.15, 0.2) is 42.6 Å². The second-order valence-electron chi connectivity index (χ2n) is 8.20. The number of pyridine rings is 1. The lowest BCUT2D eigenvalue weighted by Gasteiger charge is -2.34. The molecule has 1 saturated heterocycles. The van der Waals surface area contributed by atoms with Crippen LogP contribution < -0.4 is 10.2 Å². The van der Waals surface area contributed by atoms with Gasteiger partial charge in [0.1, 0.15) is 6.07 Å². The Morgan fingerprint density at radius 1 is 1.10 bits per heavy atom. The van der Waals surface area contributed by atoms with Gasteiger partial charge >= 0.3 is 0 Å². The van der Waals surface area contributed by atoms with Crippen LogP contribution in [0.25, 0.3) is 10.9 Å². The number of fused-ring (bicyclic) bond motifs is 1. The van der Waals surface area contributed by atoms with Gasteiger partial charge in [-0.1, -0.05) is 17.7 Å². The summed E-state index contributed by atoms with van der Waals surface area (Å²) in [6.45, 7) is 7.65. The maximum absolute atomic E-state index is 12.8. The fourth-order valence-corrected chi connectivity index (χ4v) is 4.14. The fraction of sp³-hybridized carbons (Fsp3) is 0.320. The second-order valence-corrected chi connectivity index (χ2v) is 8.20. The summed E-state index contributed by atoms with van der Waals surface area (Å²) in [5, 5.41) is 13.7. The molecule has 0 saturated carbocycles. The van der Waals surface area contributed by atoms with Crippen molar-refractivity contribution in [2.45, 2.75) is 33.6 Å². The summed E-state index contributed by atoms with van der Waals surface area (Å²) in [7, 11) is 0. The number of benzene rings is 2. The quantitative estimate of drug-likeness (QED) is 0.682. The molecule has 30 heavy (non-hydrogen) atoms. The summed E-state index contributed by atoms with van der Waals surface area (Å²) in [6.07, 6.45) is 3.18. The predicted octanol–water partition coefficient (Wildman–Crippen LogP) is 4.89. The Hall–Kier alpha value is -3.39. The van der Waals surface area contributed by atoms with E-state index in [1.807, 2.05) is 37.3 Å². The molecule has 1 N–H and O–H groups in total. The predicted molar refractivity (Wildman–Crippen MR) is 121 cm³/mol. The highest BCUT2D eigenvalue weighted by Gasteiger charge is 2.27. The van der Waals surface area contributed by atoms with Gasteiger partial charge in [0.2, 0.25) is 5.91 Å². The monoisotopic (exact) mass is 398 g/mol. The van der Waals surface area contributed by atoms with Crippen LogP contribution in [0.2, 0.25) is 0 Å². The number of piperidine rings is 1. The molecule has 5 nitrogen and oxygen atoms in total. The number of carbonyl (C=O) groups excluding carboxylic acids is 1. The van der Waals surface area contributed by atoms with E-state index >= 15 is 0 Å². The summed E-state index contributed by atoms with van der Waals surface area (Å²) < 4.78 is 0. The van der Waals surface area contributed by atoms with Crippen molar-refractivity contribution >= 4 is 28.2 Å². The number of nitrogens with one attached hydrogen (secondary N) is 1. The first-order valence-corrected chi connectivity index (χ1v) is 10.4. The number of nitriles is 1. The average molecular weight is 399 g/mol. The van der Waals surface area contributed by atoms with E-state index in [0.717, 1.165) is 53.8 Å². The first-order chi connectivity index (χ1) is 14.5. The second kappa shape index (κ2) is 8.16. The maximum atomic E-state index is 12.8. The van der Waals surface area contributed by atoms with Gasteiger partial charge in [-0.3, -0.25) is 9.78 Å². The van der Waals surface area contributed by atoms with Gasteiger partial charge in [-0.25, -0.2) is 0 Å². The molecular formula is C25H26N4O. The number of nitrogens with zero attached hydrogens (tertiary/aromatic N) is 3. The molecule has 0 radical (unpaired) electrons. The average Bonchev–Trinajstić information content (AvgIpc) is 2.75. The number of hydrogen-bond donors (Lipinski definition) is 1. The minimum Gasteiger partial charge on any atom is -0.370 e. The zero-order chi connectivity index (χ0) is 21.3. The van der Waals surface area contributed by atoms with E-state index in [1.54, 1.807) is 6.20 Å². The molecule has 0 spiro atoms. The normalized spacial score (nSPS) is 14.5. The molecule has 0 bridgehead atoms. The molecule has 5 heteroatoms. The zero-order valence-corrected chi connectivity index (χ0v) is 17.7. The van der Waals surface area contributed by atoms with Gasteiger partial charge in [-0.15, -0.1) is 0 Å². The summed E-state index contributed by atoms with van der Waals surface area (Å²) in [5.74, 6) is 0.0528. The van der Waals surface area contributed by atoms with Gasteiger partial charge in [-0.2, -0.15) is 5.26 Å². The van der Waals surface area contributed by atoms with Gasteiger partial charge < -0.3 is 10.2 Å². The highest BCUT2D eigenvalue weighted by atomic mass is 16.1. The third-order valence-corrected chi connectivity index (χ3v) is 6.07. The first kappa shape index (κ1) is 19.9. The highest BCUT2D eigenvalue weighted by Crippen LogP contribution is 2.33. The Balaban J connectivity index is 1.51. The minimum absolute atomic E-state index is 0.0248. The van der Waals surface area contributed by atoms with E-state index in [9.17, 15) is 10.1 Å². The molecule has 152 valence electrons. The molecule has 0 aliphatic carbocycles. The van der Waals surface area contributed by atoms with E-state index in [1.165, 1.54) is 11.1 Å². The van der Waals surface area contributed by atoms with E-state index in [4.69, 9.17) is 0 Å². The van der Waals surface area contributed by atoms with Crippen molar-refractivity contribution < 1.29 is 4.79 Å². The lowest BCUT2D eigenvalue weighted by atomic mass is 9.94. The first-order valence-electron chi connectivity index (χ1n) is 10.4. The largest absolute Gasteiger partial charge is 0.370 e.